The molecule has 0 amide bonds. The maximum absolute atomic E-state index is 13.2. The monoisotopic (exact) mass is 527 g/mol. The number of hydrogen-bond donors (Lipinski definition) is 1. The van der Waals surface area contributed by atoms with Crippen molar-refractivity contribution >= 4 is 28.4 Å². The van der Waals surface area contributed by atoms with E-state index in [9.17, 15) is 9.59 Å². The van der Waals surface area contributed by atoms with E-state index in [0.29, 0.717) is 34.9 Å². The van der Waals surface area contributed by atoms with Gasteiger partial charge in [0.1, 0.15) is 5.39 Å². The molecule has 2 bridgehead atoms. The van der Waals surface area contributed by atoms with Crippen LogP contribution in [0.25, 0.3) is 16.9 Å². The molecule has 5 heterocycles. The molecule has 11 heteroatoms. The van der Waals surface area contributed by atoms with Gasteiger partial charge in [-0.05, 0) is 64.1 Å². The van der Waals surface area contributed by atoms with Crippen LogP contribution in [-0.4, -0.2) is 66.2 Å². The van der Waals surface area contributed by atoms with Gasteiger partial charge in [-0.3, -0.25) is 14.5 Å². The van der Waals surface area contributed by atoms with Crippen LogP contribution in [0.5, 0.6) is 0 Å². The van der Waals surface area contributed by atoms with Crippen molar-refractivity contribution in [3.8, 4) is 5.82 Å². The number of hydrogen-bond acceptors (Lipinski definition) is 8. The van der Waals surface area contributed by atoms with Crippen molar-refractivity contribution in [3.63, 3.8) is 0 Å². The molecule has 0 radical (unpaired) electrons. The maximum atomic E-state index is 13.2. The topological polar surface area (TPSA) is 106 Å². The van der Waals surface area contributed by atoms with E-state index in [1.807, 2.05) is 26.0 Å². The second-order valence-electron chi connectivity index (χ2n) is 10.6. The van der Waals surface area contributed by atoms with Gasteiger partial charge in [-0.15, -0.1) is 11.7 Å². The fourth-order valence-electron chi connectivity index (χ4n) is 5.72. The van der Waals surface area contributed by atoms with Crippen LogP contribution in [0.3, 0.4) is 0 Å². The van der Waals surface area contributed by atoms with E-state index in [-0.39, 0.29) is 23.7 Å². The van der Waals surface area contributed by atoms with E-state index in [0.717, 1.165) is 18.8 Å². The summed E-state index contributed by atoms with van der Waals surface area (Å²) in [6.07, 6.45) is 5.70. The third-order valence-corrected chi connectivity index (χ3v) is 7.83. The Morgan fingerprint density at radius 3 is 2.46 bits per heavy atom. The molecule has 2 saturated heterocycles. The van der Waals surface area contributed by atoms with Gasteiger partial charge in [0.2, 0.25) is 5.95 Å². The molecule has 1 aromatic carbocycles. The molecule has 3 aromatic heterocycles. The summed E-state index contributed by atoms with van der Waals surface area (Å²) >= 11 is 0. The zero-order chi connectivity index (χ0) is 27.3. The van der Waals surface area contributed by atoms with Crippen molar-refractivity contribution in [3.05, 3.63) is 76.0 Å². The molecule has 2 aliphatic heterocycles. The summed E-state index contributed by atoms with van der Waals surface area (Å²) in [5.41, 5.74) is 1.98. The van der Waals surface area contributed by atoms with Gasteiger partial charge in [-0.2, -0.15) is 4.98 Å². The number of benzene rings is 1. The molecule has 1 N–H and O–H groups in total. The average Bonchev–Trinajstić information content (AvgIpc) is 3.29. The standard InChI is InChI=1S/C28H33N9O2/c1-5-14-35-27(39)23-15-29-28(31-26(23)37(35)24-12-13-25(38)36(32-24)18(2)3)30-19-6-8-20(9-7-19)34-16-21-10-11-22(17-34)33(21)4/h5-9,12-13,15,18,21-22H,1,10-11,14,16-17H2,2-4H3,(H,29,30,31). The second kappa shape index (κ2) is 9.81. The lowest BCUT2D eigenvalue weighted by Gasteiger charge is -2.40. The van der Waals surface area contributed by atoms with Crippen molar-refractivity contribution < 1.29 is 0 Å². The number of nitrogens with one attached hydrogen (secondary N) is 1. The van der Waals surface area contributed by atoms with Crippen LogP contribution in [0.4, 0.5) is 17.3 Å². The second-order valence-corrected chi connectivity index (χ2v) is 10.6. The summed E-state index contributed by atoms with van der Waals surface area (Å²) in [6.45, 7) is 9.90. The molecule has 39 heavy (non-hydrogen) atoms. The molecule has 6 rings (SSSR count). The molecule has 2 unspecified atom stereocenters. The maximum Gasteiger partial charge on any atom is 0.278 e. The quantitative estimate of drug-likeness (QED) is 0.366. The average molecular weight is 528 g/mol. The molecule has 2 fully saturated rings. The van der Waals surface area contributed by atoms with Crippen molar-refractivity contribution in [1.29, 1.82) is 0 Å². The van der Waals surface area contributed by atoms with Gasteiger partial charge in [-0.25, -0.2) is 19.0 Å². The number of allylic oxidation sites excluding steroid dienone is 1. The predicted molar refractivity (Wildman–Crippen MR) is 152 cm³/mol. The van der Waals surface area contributed by atoms with Crippen LogP contribution in [0.2, 0.25) is 0 Å². The summed E-state index contributed by atoms with van der Waals surface area (Å²) in [4.78, 5) is 39.6. The van der Waals surface area contributed by atoms with Gasteiger partial charge >= 0.3 is 0 Å². The zero-order valence-corrected chi connectivity index (χ0v) is 22.5. The van der Waals surface area contributed by atoms with Gasteiger partial charge in [0.05, 0.1) is 12.6 Å². The molecular formula is C28H33N9O2. The van der Waals surface area contributed by atoms with E-state index < -0.39 is 0 Å². The van der Waals surface area contributed by atoms with Gasteiger partial charge in [0, 0.05) is 48.8 Å². The fraction of sp³-hybridized carbons (Fsp3) is 0.393. The molecular weight excluding hydrogens is 494 g/mol. The predicted octanol–water partition coefficient (Wildman–Crippen LogP) is 2.93. The summed E-state index contributed by atoms with van der Waals surface area (Å²) in [5, 5.41) is 8.15. The lowest BCUT2D eigenvalue weighted by Crippen LogP contribution is -2.51. The summed E-state index contributed by atoms with van der Waals surface area (Å²) in [7, 11) is 2.24. The minimum atomic E-state index is -0.258. The SMILES string of the molecule is C=CCn1c(=O)c2cnc(Nc3ccc(N4CC5CCC(C4)N5C)cc3)nc2n1-c1ccc(=O)n(C(C)C)n1. The number of rotatable bonds is 7. The third kappa shape index (κ3) is 4.42. The summed E-state index contributed by atoms with van der Waals surface area (Å²) in [6, 6.07) is 12.5. The van der Waals surface area contributed by atoms with Crippen molar-refractivity contribution in [2.45, 2.75) is 51.4 Å². The number of fused-ring (bicyclic) bond motifs is 3. The Bertz CT molecular complexity index is 1640. The Labute approximate surface area is 226 Å². The van der Waals surface area contributed by atoms with Crippen LogP contribution < -0.4 is 21.3 Å². The highest BCUT2D eigenvalue weighted by atomic mass is 16.1. The number of aromatic nitrogens is 6. The van der Waals surface area contributed by atoms with E-state index in [1.165, 1.54) is 40.2 Å². The normalized spacial score (nSPS) is 19.2. The third-order valence-electron chi connectivity index (χ3n) is 7.83. The lowest BCUT2D eigenvalue weighted by atomic mass is 10.1. The Morgan fingerprint density at radius 1 is 1.08 bits per heavy atom. The summed E-state index contributed by atoms with van der Waals surface area (Å²) < 4.78 is 4.50. The van der Waals surface area contributed by atoms with E-state index in [1.54, 1.807) is 16.8 Å². The first-order valence-electron chi connectivity index (χ1n) is 13.4. The van der Waals surface area contributed by atoms with Crippen LogP contribution >= 0.6 is 0 Å². The number of piperazine rings is 1. The molecule has 0 aliphatic carbocycles. The highest BCUT2D eigenvalue weighted by Gasteiger charge is 2.37. The first kappa shape index (κ1) is 25.1. The Balaban J connectivity index is 1.33. The molecule has 2 aliphatic rings. The first-order chi connectivity index (χ1) is 18.8. The molecule has 202 valence electrons. The van der Waals surface area contributed by atoms with Crippen molar-refractivity contribution in [1.82, 2.24) is 34.0 Å². The van der Waals surface area contributed by atoms with Crippen molar-refractivity contribution in [2.24, 2.45) is 0 Å². The lowest BCUT2D eigenvalue weighted by molar-refractivity contribution is 0.212. The van der Waals surface area contributed by atoms with Gasteiger partial charge in [-0.1, -0.05) is 6.08 Å². The molecule has 0 saturated carbocycles. The van der Waals surface area contributed by atoms with Gasteiger partial charge in [0.25, 0.3) is 11.1 Å². The van der Waals surface area contributed by atoms with Gasteiger partial charge < -0.3 is 10.2 Å². The van der Waals surface area contributed by atoms with E-state index >= 15 is 0 Å². The minimum absolute atomic E-state index is 0.144. The Hall–Kier alpha value is -4.25. The molecule has 0 spiro atoms. The van der Waals surface area contributed by atoms with E-state index in [4.69, 9.17) is 4.98 Å². The van der Waals surface area contributed by atoms with Crippen LogP contribution in [-0.2, 0) is 6.54 Å². The zero-order valence-electron chi connectivity index (χ0n) is 22.5. The highest BCUT2D eigenvalue weighted by Crippen LogP contribution is 2.32. The largest absolute Gasteiger partial charge is 0.368 e. The molecule has 4 aromatic rings. The Kier molecular flexibility index (Phi) is 6.30. The van der Waals surface area contributed by atoms with Crippen molar-refractivity contribution in [2.75, 3.05) is 30.4 Å². The number of anilines is 3. The molecule has 11 nitrogen and oxygen atoms in total. The number of likely N-dealkylation sites (N-methyl/N-ethyl adjacent to an activating group) is 1. The fourth-order valence-corrected chi connectivity index (χ4v) is 5.72. The minimum Gasteiger partial charge on any atom is -0.368 e. The van der Waals surface area contributed by atoms with E-state index in [2.05, 4.69) is 51.0 Å². The number of nitrogens with zero attached hydrogens (tertiary/aromatic N) is 8. The van der Waals surface area contributed by atoms with Gasteiger partial charge in [0.15, 0.2) is 11.5 Å². The summed E-state index contributed by atoms with van der Waals surface area (Å²) in [5.74, 6) is 0.766. The first-order valence-corrected chi connectivity index (χ1v) is 13.4. The van der Waals surface area contributed by atoms with Crippen LogP contribution in [0.15, 0.2) is 64.8 Å². The smallest absolute Gasteiger partial charge is 0.278 e. The van der Waals surface area contributed by atoms with Crippen LogP contribution in [0.1, 0.15) is 32.7 Å². The van der Waals surface area contributed by atoms with Crippen LogP contribution in [0, 0.1) is 0 Å². The molecule has 2 atom stereocenters. The Morgan fingerprint density at radius 2 is 1.79 bits per heavy atom. The highest BCUT2D eigenvalue weighted by molar-refractivity contribution is 5.77.